The van der Waals surface area contributed by atoms with Gasteiger partial charge in [0.25, 0.3) is 0 Å². The summed E-state index contributed by atoms with van der Waals surface area (Å²) in [7, 11) is 1.93. The molecule has 214 valence electrons. The number of carbonyl (C=O) groups excluding carboxylic acids is 1. The summed E-state index contributed by atoms with van der Waals surface area (Å²) in [4.78, 5) is 32.3. The van der Waals surface area contributed by atoms with Crippen LogP contribution in [-0.2, 0) is 11.8 Å². The zero-order chi connectivity index (χ0) is 29.5. The van der Waals surface area contributed by atoms with Gasteiger partial charge in [-0.1, -0.05) is 6.58 Å². The van der Waals surface area contributed by atoms with Gasteiger partial charge in [0.05, 0.1) is 28.6 Å². The number of nitrogens with zero attached hydrogens (tertiary/aromatic N) is 6. The van der Waals surface area contributed by atoms with Crippen molar-refractivity contribution in [2.45, 2.75) is 51.6 Å². The Balaban J connectivity index is 1.26. The van der Waals surface area contributed by atoms with E-state index in [0.717, 1.165) is 29.6 Å². The van der Waals surface area contributed by atoms with Gasteiger partial charge >= 0.3 is 0 Å². The molecular weight excluding hydrogens is 533 g/mol. The maximum absolute atomic E-state index is 15.6. The van der Waals surface area contributed by atoms with Gasteiger partial charge in [0, 0.05) is 42.4 Å². The van der Waals surface area contributed by atoms with Crippen molar-refractivity contribution in [1.29, 1.82) is 0 Å². The third kappa shape index (κ3) is 4.93. The number of ether oxygens (including phenoxy) is 1. The number of piperidine rings is 1. The first-order valence-corrected chi connectivity index (χ1v) is 13.9. The molecule has 42 heavy (non-hydrogen) atoms. The lowest BCUT2D eigenvalue weighted by atomic mass is 9.84. The van der Waals surface area contributed by atoms with Gasteiger partial charge in [-0.25, -0.2) is 24.3 Å². The minimum Gasteiger partial charge on any atom is -0.457 e. The van der Waals surface area contributed by atoms with Crippen LogP contribution >= 0.6 is 0 Å². The molecule has 9 nitrogen and oxygen atoms in total. The van der Waals surface area contributed by atoms with Gasteiger partial charge < -0.3 is 19.5 Å². The number of amides is 1. The van der Waals surface area contributed by atoms with Crippen molar-refractivity contribution in [3.05, 3.63) is 84.8 Å². The number of likely N-dealkylation sites (tertiary alicyclic amines) is 1. The Morgan fingerprint density at radius 3 is 2.62 bits per heavy atom. The third-order valence-electron chi connectivity index (χ3n) is 8.07. The predicted octanol–water partition coefficient (Wildman–Crippen LogP) is 6.56. The smallest absolute Gasteiger partial charge is 0.246 e. The van der Waals surface area contributed by atoms with Crippen LogP contribution < -0.4 is 10.1 Å². The number of benzene rings is 2. The molecule has 0 bridgehead atoms. The van der Waals surface area contributed by atoms with E-state index in [-0.39, 0.29) is 29.6 Å². The summed E-state index contributed by atoms with van der Waals surface area (Å²) in [5, 5.41) is 3.13. The number of rotatable bonds is 6. The number of imidazole rings is 1. The zero-order valence-electron chi connectivity index (χ0n) is 24.0. The molecular formula is C32H32FN7O2. The highest BCUT2D eigenvalue weighted by Crippen LogP contribution is 2.37. The molecule has 5 aromatic rings. The minimum absolute atomic E-state index is 0.0510. The van der Waals surface area contributed by atoms with Gasteiger partial charge in [-0.2, -0.15) is 0 Å². The summed E-state index contributed by atoms with van der Waals surface area (Å²) >= 11 is 0. The molecule has 1 aliphatic rings. The number of aryl methyl sites for hydroxylation is 1. The van der Waals surface area contributed by atoms with Crippen molar-refractivity contribution in [3.63, 3.8) is 0 Å². The number of anilines is 2. The molecule has 2 aromatic carbocycles. The average Bonchev–Trinajstić information content (AvgIpc) is 3.35. The first-order valence-electron chi connectivity index (χ1n) is 13.9. The Morgan fingerprint density at radius 2 is 1.86 bits per heavy atom. The SMILES string of the molecule is C=CC(=O)N1[C@H](C)CC(c2ccc3ncnc(Nc4ccc(Oc5ccc6c(c5)ncn6C)c(C)c4F)c3n2)C[C@@H]1C. The molecule has 1 amide bonds. The third-order valence-corrected chi connectivity index (χ3v) is 8.07. The molecule has 6 rings (SSSR count). The molecule has 0 aliphatic carbocycles. The number of nitrogens with one attached hydrogen (secondary N) is 1. The summed E-state index contributed by atoms with van der Waals surface area (Å²) in [5.74, 6) is 1.05. The van der Waals surface area contributed by atoms with Crippen LogP contribution in [0.3, 0.4) is 0 Å². The van der Waals surface area contributed by atoms with E-state index in [0.29, 0.717) is 33.9 Å². The van der Waals surface area contributed by atoms with Crippen LogP contribution in [-0.4, -0.2) is 47.4 Å². The summed E-state index contributed by atoms with van der Waals surface area (Å²) in [6.45, 7) is 9.42. The normalized spacial score (nSPS) is 18.8. The van der Waals surface area contributed by atoms with Crippen LogP contribution in [0.1, 0.15) is 43.9 Å². The number of hydrogen-bond donors (Lipinski definition) is 1. The van der Waals surface area contributed by atoms with Crippen molar-refractivity contribution < 1.29 is 13.9 Å². The van der Waals surface area contributed by atoms with Crippen molar-refractivity contribution in [2.24, 2.45) is 7.05 Å². The number of halogens is 1. The van der Waals surface area contributed by atoms with Crippen LogP contribution in [0, 0.1) is 12.7 Å². The van der Waals surface area contributed by atoms with Crippen molar-refractivity contribution in [3.8, 4) is 11.5 Å². The van der Waals surface area contributed by atoms with Crippen LogP contribution in [0.5, 0.6) is 11.5 Å². The van der Waals surface area contributed by atoms with Crippen LogP contribution in [0.2, 0.25) is 0 Å². The van der Waals surface area contributed by atoms with Gasteiger partial charge in [-0.15, -0.1) is 0 Å². The van der Waals surface area contributed by atoms with E-state index in [4.69, 9.17) is 9.72 Å². The van der Waals surface area contributed by atoms with E-state index in [1.165, 1.54) is 12.4 Å². The van der Waals surface area contributed by atoms with Crippen molar-refractivity contribution in [2.75, 3.05) is 5.32 Å². The lowest BCUT2D eigenvalue weighted by Crippen LogP contribution is -2.48. The van der Waals surface area contributed by atoms with E-state index >= 15 is 4.39 Å². The van der Waals surface area contributed by atoms with E-state index in [9.17, 15) is 4.79 Å². The number of aromatic nitrogens is 5. The lowest BCUT2D eigenvalue weighted by molar-refractivity contribution is -0.132. The standard InChI is InChI=1S/C32H32FN7O2/c1-6-29(41)40-18(2)13-21(14-19(40)3)23-8-9-25-31(37-23)32(35-16-34-25)38-24-10-12-28(20(4)30(24)33)42-22-7-11-27-26(15-22)36-17-39(27)5/h6-12,15-19,21H,1,13-14H2,2-5H3,(H,34,35,38)/t18-,19+,21?. The van der Waals surface area contributed by atoms with Gasteiger partial charge in [0.1, 0.15) is 23.3 Å². The number of fused-ring (bicyclic) bond motifs is 2. The van der Waals surface area contributed by atoms with E-state index < -0.39 is 5.82 Å². The monoisotopic (exact) mass is 565 g/mol. The first kappa shape index (κ1) is 27.3. The summed E-state index contributed by atoms with van der Waals surface area (Å²) < 4.78 is 23.6. The molecule has 0 spiro atoms. The lowest BCUT2D eigenvalue weighted by Gasteiger charge is -2.42. The molecule has 1 fully saturated rings. The molecule has 10 heteroatoms. The van der Waals surface area contributed by atoms with Crippen molar-refractivity contribution >= 4 is 39.5 Å². The van der Waals surface area contributed by atoms with Gasteiger partial charge in [0.2, 0.25) is 5.91 Å². The molecule has 1 saturated heterocycles. The van der Waals surface area contributed by atoms with Crippen LogP contribution in [0.25, 0.3) is 22.1 Å². The maximum atomic E-state index is 15.6. The molecule has 1 aliphatic heterocycles. The van der Waals surface area contributed by atoms with Gasteiger partial charge in [0.15, 0.2) is 11.6 Å². The second-order valence-corrected chi connectivity index (χ2v) is 10.9. The Kier molecular flexibility index (Phi) is 7.06. The molecule has 1 unspecified atom stereocenters. The fraction of sp³-hybridized carbons (Fsp3) is 0.281. The van der Waals surface area contributed by atoms with Gasteiger partial charge in [-0.3, -0.25) is 4.79 Å². The van der Waals surface area contributed by atoms with E-state index in [1.54, 1.807) is 25.4 Å². The Labute approximate surface area is 243 Å². The highest BCUT2D eigenvalue weighted by atomic mass is 19.1. The Hall–Kier alpha value is -4.86. The fourth-order valence-electron chi connectivity index (χ4n) is 5.95. The second kappa shape index (κ2) is 10.8. The molecule has 0 radical (unpaired) electrons. The predicted molar refractivity (Wildman–Crippen MR) is 160 cm³/mol. The Morgan fingerprint density at radius 1 is 1.07 bits per heavy atom. The summed E-state index contributed by atoms with van der Waals surface area (Å²) in [5.41, 5.74) is 4.50. The highest BCUT2D eigenvalue weighted by molar-refractivity contribution is 5.88. The van der Waals surface area contributed by atoms with Crippen LogP contribution in [0.4, 0.5) is 15.9 Å². The largest absolute Gasteiger partial charge is 0.457 e. The molecule has 3 atom stereocenters. The number of pyridine rings is 1. The van der Waals surface area contributed by atoms with E-state index in [2.05, 4.69) is 40.7 Å². The topological polar surface area (TPSA) is 98.1 Å². The summed E-state index contributed by atoms with van der Waals surface area (Å²) in [6.07, 6.45) is 6.11. The van der Waals surface area contributed by atoms with Crippen LogP contribution in [0.15, 0.2) is 67.8 Å². The number of carbonyl (C=O) groups is 1. The maximum Gasteiger partial charge on any atom is 0.246 e. The molecule has 1 N–H and O–H groups in total. The van der Waals surface area contributed by atoms with Crippen molar-refractivity contribution in [1.82, 2.24) is 29.4 Å². The molecule has 0 saturated carbocycles. The Bertz CT molecular complexity index is 1820. The van der Waals surface area contributed by atoms with Gasteiger partial charge in [-0.05, 0) is 76.1 Å². The number of hydrogen-bond acceptors (Lipinski definition) is 7. The fourth-order valence-corrected chi connectivity index (χ4v) is 5.95. The molecule has 4 heterocycles. The summed E-state index contributed by atoms with van der Waals surface area (Å²) in [6, 6.07) is 12.9. The quantitative estimate of drug-likeness (QED) is 0.233. The minimum atomic E-state index is -0.448. The zero-order valence-corrected chi connectivity index (χ0v) is 24.0. The van der Waals surface area contributed by atoms with E-state index in [1.807, 2.05) is 46.8 Å². The molecule has 3 aromatic heterocycles. The second-order valence-electron chi connectivity index (χ2n) is 10.9. The first-order chi connectivity index (χ1) is 20.2. The highest BCUT2D eigenvalue weighted by Gasteiger charge is 2.34. The average molecular weight is 566 g/mol.